The average molecular weight is 500 g/mol. The van der Waals surface area contributed by atoms with Crippen molar-refractivity contribution >= 4 is 12.0 Å². The molecule has 2 saturated heterocycles. The lowest BCUT2D eigenvalue weighted by Gasteiger charge is -2.54. The van der Waals surface area contributed by atoms with Crippen molar-refractivity contribution in [2.24, 2.45) is 22.9 Å². The van der Waals surface area contributed by atoms with Gasteiger partial charge in [0.1, 0.15) is 12.4 Å². The highest BCUT2D eigenvalue weighted by molar-refractivity contribution is 5.80. The standard InChI is InChI=1S/C23H29F4N5O3/c24-17-10-16(23(25,26)27)3-1-15(17)11-35-21(34)31-7-5-22(6-8-31)12-32(13-22)20(33)14-2-4-19(30-29)18(28)9-14/h1,3,10,14,30H,2,4-9,11-13,28-29H2/t14-/m0/s1. The van der Waals surface area contributed by atoms with E-state index < -0.39 is 30.3 Å². The largest absolute Gasteiger partial charge is 0.444 e. The second-order valence-corrected chi connectivity index (χ2v) is 9.63. The fourth-order valence-electron chi connectivity index (χ4n) is 5.07. The van der Waals surface area contributed by atoms with Crippen molar-refractivity contribution in [3.8, 4) is 0 Å². The van der Waals surface area contributed by atoms with Crippen LogP contribution in [0.25, 0.3) is 0 Å². The number of amides is 2. The minimum atomic E-state index is -4.65. The van der Waals surface area contributed by atoms with Gasteiger partial charge < -0.3 is 25.7 Å². The monoisotopic (exact) mass is 499 g/mol. The summed E-state index contributed by atoms with van der Waals surface area (Å²) in [4.78, 5) is 28.6. The van der Waals surface area contributed by atoms with Crippen LogP contribution in [0.2, 0.25) is 0 Å². The van der Waals surface area contributed by atoms with Gasteiger partial charge in [0.15, 0.2) is 0 Å². The Morgan fingerprint density at radius 1 is 1.17 bits per heavy atom. The zero-order valence-electron chi connectivity index (χ0n) is 19.2. The second-order valence-electron chi connectivity index (χ2n) is 9.63. The molecule has 192 valence electrons. The van der Waals surface area contributed by atoms with Crippen LogP contribution in [0.15, 0.2) is 29.6 Å². The normalized spacial score (nSPS) is 22.1. The van der Waals surface area contributed by atoms with Crippen LogP contribution >= 0.6 is 0 Å². The quantitative estimate of drug-likeness (QED) is 0.334. The number of hydrazine groups is 1. The number of carbonyl (C=O) groups is 2. The molecule has 0 saturated carbocycles. The van der Waals surface area contributed by atoms with E-state index in [9.17, 15) is 27.2 Å². The third-order valence-corrected chi connectivity index (χ3v) is 7.30. The van der Waals surface area contributed by atoms with Crippen molar-refractivity contribution in [2.45, 2.75) is 44.9 Å². The smallest absolute Gasteiger partial charge is 0.416 e. The summed E-state index contributed by atoms with van der Waals surface area (Å²) in [7, 11) is 0. The molecular formula is C23H29F4N5O3. The number of nitrogens with zero attached hydrogens (tertiary/aromatic N) is 2. The third-order valence-electron chi connectivity index (χ3n) is 7.30. The molecule has 0 bridgehead atoms. The first-order chi connectivity index (χ1) is 16.5. The highest BCUT2D eigenvalue weighted by atomic mass is 19.4. The number of alkyl halides is 3. The highest BCUT2D eigenvalue weighted by Crippen LogP contribution is 2.42. The fraction of sp³-hybridized carbons (Fsp3) is 0.565. The molecule has 8 nitrogen and oxygen atoms in total. The van der Waals surface area contributed by atoms with Gasteiger partial charge in [-0.05, 0) is 37.8 Å². The first kappa shape index (κ1) is 25.1. The van der Waals surface area contributed by atoms with Gasteiger partial charge in [-0.15, -0.1) is 0 Å². The predicted molar refractivity (Wildman–Crippen MR) is 117 cm³/mol. The van der Waals surface area contributed by atoms with Gasteiger partial charge in [-0.2, -0.15) is 13.2 Å². The lowest BCUT2D eigenvalue weighted by molar-refractivity contribution is -0.151. The second kappa shape index (κ2) is 9.56. The predicted octanol–water partition coefficient (Wildman–Crippen LogP) is 2.84. The summed E-state index contributed by atoms with van der Waals surface area (Å²) < 4.78 is 57.1. The van der Waals surface area contributed by atoms with Crippen molar-refractivity contribution in [1.82, 2.24) is 15.2 Å². The van der Waals surface area contributed by atoms with Crippen molar-refractivity contribution in [3.63, 3.8) is 0 Å². The summed E-state index contributed by atoms with van der Waals surface area (Å²) in [5.41, 5.74) is 8.74. The highest BCUT2D eigenvalue weighted by Gasteiger charge is 2.48. The van der Waals surface area contributed by atoms with Gasteiger partial charge in [0.25, 0.3) is 0 Å². The van der Waals surface area contributed by atoms with E-state index in [-0.39, 0.29) is 22.8 Å². The van der Waals surface area contributed by atoms with Crippen LogP contribution < -0.4 is 17.0 Å². The molecule has 3 aliphatic rings. The zero-order valence-corrected chi connectivity index (χ0v) is 19.2. The Morgan fingerprint density at radius 2 is 1.86 bits per heavy atom. The van der Waals surface area contributed by atoms with E-state index in [1.807, 2.05) is 4.90 Å². The Kier molecular flexibility index (Phi) is 6.85. The number of hydrogen-bond acceptors (Lipinski definition) is 6. The van der Waals surface area contributed by atoms with Gasteiger partial charge >= 0.3 is 12.3 Å². The Balaban J connectivity index is 1.22. The summed E-state index contributed by atoms with van der Waals surface area (Å²) in [6.45, 7) is 1.68. The average Bonchev–Trinajstić information content (AvgIpc) is 2.80. The summed E-state index contributed by atoms with van der Waals surface area (Å²) in [6, 6.07) is 2.12. The molecule has 0 radical (unpaired) electrons. The number of allylic oxidation sites excluding steroid dienone is 2. The number of carbonyl (C=O) groups excluding carboxylic acids is 2. The number of ether oxygens (including phenoxy) is 1. The van der Waals surface area contributed by atoms with Crippen LogP contribution in [0, 0.1) is 17.2 Å². The summed E-state index contributed by atoms with van der Waals surface area (Å²) in [6.07, 6.45) is -2.05. The van der Waals surface area contributed by atoms with E-state index >= 15 is 0 Å². The number of hydrogen-bond donors (Lipinski definition) is 3. The van der Waals surface area contributed by atoms with Crippen LogP contribution in [0.3, 0.4) is 0 Å². The van der Waals surface area contributed by atoms with E-state index in [0.29, 0.717) is 70.0 Å². The van der Waals surface area contributed by atoms with Crippen molar-refractivity contribution in [1.29, 1.82) is 0 Å². The van der Waals surface area contributed by atoms with Gasteiger partial charge in [-0.3, -0.25) is 10.6 Å². The van der Waals surface area contributed by atoms with Crippen LogP contribution in [0.1, 0.15) is 43.2 Å². The number of benzene rings is 1. The molecule has 2 aliphatic heterocycles. The maximum absolute atomic E-state index is 14.0. The molecule has 4 rings (SSSR count). The Morgan fingerprint density at radius 3 is 2.43 bits per heavy atom. The minimum Gasteiger partial charge on any atom is -0.444 e. The molecule has 1 atom stereocenters. The summed E-state index contributed by atoms with van der Waals surface area (Å²) >= 11 is 0. The van der Waals surface area contributed by atoms with Gasteiger partial charge in [0, 0.05) is 60.9 Å². The van der Waals surface area contributed by atoms with E-state index in [2.05, 4.69) is 5.43 Å². The topological polar surface area (TPSA) is 114 Å². The van der Waals surface area contributed by atoms with Crippen LogP contribution in [-0.4, -0.2) is 48.0 Å². The summed E-state index contributed by atoms with van der Waals surface area (Å²) in [5.74, 6) is 4.31. The summed E-state index contributed by atoms with van der Waals surface area (Å²) in [5, 5.41) is 0. The number of rotatable bonds is 4. The Hall–Kier alpha value is -3.02. The maximum atomic E-state index is 14.0. The van der Waals surface area contributed by atoms with Crippen LogP contribution in [0.5, 0.6) is 0 Å². The molecule has 0 unspecified atom stereocenters. The molecule has 2 fully saturated rings. The lowest BCUT2D eigenvalue weighted by Crippen LogP contribution is -2.63. The first-order valence-electron chi connectivity index (χ1n) is 11.5. The fourth-order valence-corrected chi connectivity index (χ4v) is 5.07. The van der Waals surface area contributed by atoms with Gasteiger partial charge in [0.2, 0.25) is 5.91 Å². The lowest BCUT2D eigenvalue weighted by atomic mass is 9.71. The van der Waals surface area contributed by atoms with Crippen LogP contribution in [0.4, 0.5) is 22.4 Å². The molecule has 2 amide bonds. The Bertz CT molecular complexity index is 1010. The van der Waals surface area contributed by atoms with E-state index in [1.54, 1.807) is 0 Å². The van der Waals surface area contributed by atoms with Crippen LogP contribution in [-0.2, 0) is 22.3 Å². The van der Waals surface area contributed by atoms with E-state index in [4.69, 9.17) is 16.3 Å². The number of nitrogens with one attached hydrogen (secondary N) is 1. The number of likely N-dealkylation sites (tertiary alicyclic amines) is 2. The van der Waals surface area contributed by atoms with Gasteiger partial charge in [-0.25, -0.2) is 9.18 Å². The minimum absolute atomic E-state index is 0.0357. The molecule has 12 heteroatoms. The van der Waals surface area contributed by atoms with E-state index in [1.165, 1.54) is 4.90 Å². The first-order valence-corrected chi connectivity index (χ1v) is 11.5. The molecule has 2 heterocycles. The third kappa shape index (κ3) is 5.31. The number of nitrogens with two attached hydrogens (primary N) is 2. The molecule has 1 aliphatic carbocycles. The molecule has 1 aromatic carbocycles. The van der Waals surface area contributed by atoms with Crippen molar-refractivity contribution in [2.75, 3.05) is 26.2 Å². The van der Waals surface area contributed by atoms with Gasteiger partial charge in [0.05, 0.1) is 5.56 Å². The van der Waals surface area contributed by atoms with Crippen molar-refractivity contribution < 1.29 is 31.9 Å². The molecule has 1 aromatic rings. The molecule has 1 spiro atoms. The number of halogens is 4. The number of piperidine rings is 1. The molecule has 5 N–H and O–H groups in total. The molecular weight excluding hydrogens is 470 g/mol. The Labute approximate surface area is 200 Å². The molecule has 35 heavy (non-hydrogen) atoms. The zero-order chi connectivity index (χ0) is 25.4. The SMILES string of the molecule is NNC1=C(N)C[C@@H](C(=O)N2CC3(CCN(C(=O)OCc4ccc(C(F)(F)F)cc4F)CC3)C2)CC1. The van der Waals surface area contributed by atoms with E-state index in [0.717, 1.165) is 17.8 Å². The molecule has 0 aromatic heterocycles. The van der Waals surface area contributed by atoms with Crippen molar-refractivity contribution in [3.05, 3.63) is 46.5 Å². The van der Waals surface area contributed by atoms with Gasteiger partial charge in [-0.1, -0.05) is 6.07 Å². The maximum Gasteiger partial charge on any atom is 0.416 e.